The van der Waals surface area contributed by atoms with Gasteiger partial charge in [0.2, 0.25) is 0 Å². The Hall–Kier alpha value is -1.97. The summed E-state index contributed by atoms with van der Waals surface area (Å²) in [5.74, 6) is 0.209. The molecule has 2 aliphatic carbocycles. The van der Waals surface area contributed by atoms with Crippen LogP contribution in [-0.4, -0.2) is 5.98 Å². The van der Waals surface area contributed by atoms with E-state index >= 15 is 0 Å². The fourth-order valence-corrected chi connectivity index (χ4v) is 53.7. The predicted molar refractivity (Wildman–Crippen MR) is 223 cm³/mol. The van der Waals surface area contributed by atoms with Crippen LogP contribution in [0.5, 0.6) is 0 Å². The van der Waals surface area contributed by atoms with Crippen LogP contribution in [0.4, 0.5) is 0 Å². The third-order valence-corrected chi connectivity index (χ3v) is 84.4. The molecule has 0 nitrogen and oxygen atoms in total. The number of hydrogen-bond donors (Lipinski definition) is 0. The third-order valence-electron chi connectivity index (χ3n) is 11.5. The quantitative estimate of drug-likeness (QED) is 0.132. The minimum atomic E-state index is -5.10. The molecule has 0 saturated carbocycles. The average Bonchev–Trinajstić information content (AvgIpc) is 3.62. The van der Waals surface area contributed by atoms with Crippen molar-refractivity contribution in [2.75, 3.05) is 0 Å². The van der Waals surface area contributed by atoms with Gasteiger partial charge in [0, 0.05) is 0 Å². The first-order valence-electron chi connectivity index (χ1n) is 19.1. The molecule has 0 bridgehead atoms. The van der Waals surface area contributed by atoms with Crippen LogP contribution in [0.2, 0.25) is 13.1 Å². The summed E-state index contributed by atoms with van der Waals surface area (Å²) >= 11 is -5.10. The number of fused-ring (bicyclic) bond motifs is 2. The van der Waals surface area contributed by atoms with Gasteiger partial charge in [0.15, 0.2) is 0 Å². The van der Waals surface area contributed by atoms with Gasteiger partial charge in [0.05, 0.1) is 0 Å². The van der Waals surface area contributed by atoms with Crippen molar-refractivity contribution in [2.24, 2.45) is 11.8 Å². The number of allylic oxidation sites excluding steroid dienone is 2. The van der Waals surface area contributed by atoms with Gasteiger partial charge in [0.1, 0.15) is 0 Å². The molecule has 6 rings (SSSR count). The standard InChI is InChI=1S/2C22H25.C2H7Si.2ClH.Hf/c2*1-15(2)12-17-13-18-8-7-11-21(22(18)14-17)20-10-6-5-9-19(20)16(3)4;1-3-2;;;/h2*5-11,13-16H,12H2,1-4H3;3H,1-2H3;2*1H;/q;;;;;+2/p-2. The normalized spacial score (nSPS) is 18.1. The summed E-state index contributed by atoms with van der Waals surface area (Å²) in [5, 5.41) is 0. The number of hydrogen-bond acceptors (Lipinski definition) is 0. The van der Waals surface area contributed by atoms with Crippen LogP contribution in [0.3, 0.4) is 0 Å². The molecule has 0 radical (unpaired) electrons. The van der Waals surface area contributed by atoms with Crippen LogP contribution in [0.25, 0.3) is 34.4 Å². The molecule has 0 amide bonds. The van der Waals surface area contributed by atoms with E-state index < -0.39 is 21.3 Å². The minimum absolute atomic E-state index is 0.101. The average molecular weight is 887 g/mol. The molecule has 0 fully saturated rings. The van der Waals surface area contributed by atoms with Crippen molar-refractivity contribution >= 4 is 35.3 Å². The van der Waals surface area contributed by atoms with Gasteiger partial charge in [0.25, 0.3) is 0 Å². The Balaban J connectivity index is 1.63. The molecule has 0 heterocycles. The first-order chi connectivity index (χ1) is 23.6. The Morgan fingerprint density at radius 3 is 1.22 bits per heavy atom. The fourth-order valence-electron chi connectivity index (χ4n) is 9.32. The summed E-state index contributed by atoms with van der Waals surface area (Å²) in [6, 6.07) is 32.0. The van der Waals surface area contributed by atoms with Crippen molar-refractivity contribution in [3.05, 3.63) is 129 Å². The van der Waals surface area contributed by atoms with Crippen LogP contribution in [0, 0.1) is 11.8 Å². The summed E-state index contributed by atoms with van der Waals surface area (Å²) in [5.41, 5.74) is 16.5. The van der Waals surface area contributed by atoms with Crippen LogP contribution >= 0.6 is 17.2 Å². The van der Waals surface area contributed by atoms with E-state index in [1.165, 1.54) is 66.8 Å². The van der Waals surface area contributed by atoms with Gasteiger partial charge in [-0.25, -0.2) is 0 Å². The molecule has 2 unspecified atom stereocenters. The topological polar surface area (TPSA) is 0 Å². The summed E-state index contributed by atoms with van der Waals surface area (Å²) in [6.07, 6.45) is 7.12. The molecule has 4 heteroatoms. The Labute approximate surface area is 312 Å². The molecule has 0 N–H and O–H groups in total. The predicted octanol–water partition coefficient (Wildman–Crippen LogP) is 14.9. The fraction of sp³-hybridized carbons (Fsp3) is 0.391. The zero-order valence-corrected chi connectivity index (χ0v) is 38.2. The Kier molecular flexibility index (Phi) is 10.9. The summed E-state index contributed by atoms with van der Waals surface area (Å²) in [7, 11) is 17.8. The Bertz CT molecular complexity index is 1830. The maximum absolute atomic E-state index is 8.88. The van der Waals surface area contributed by atoms with Gasteiger partial charge in [-0.2, -0.15) is 0 Å². The van der Waals surface area contributed by atoms with Crippen molar-refractivity contribution in [2.45, 2.75) is 101 Å². The number of halogens is 2. The van der Waals surface area contributed by atoms with Crippen molar-refractivity contribution in [3.63, 3.8) is 0 Å². The second kappa shape index (κ2) is 14.5. The van der Waals surface area contributed by atoms with Crippen molar-refractivity contribution in [1.82, 2.24) is 0 Å². The third kappa shape index (κ3) is 6.48. The molecule has 4 aromatic rings. The molecule has 4 aromatic carbocycles. The monoisotopic (exact) mass is 887 g/mol. The van der Waals surface area contributed by atoms with E-state index in [2.05, 4.69) is 166 Å². The van der Waals surface area contributed by atoms with E-state index in [4.69, 9.17) is 17.2 Å². The summed E-state index contributed by atoms with van der Waals surface area (Å²) in [4.78, 5) is 0. The SMILES string of the molecule is CC(C)CC1=Cc2c(-c3ccccc3C(C)C)cccc2[CH]1[Hf]([Cl])([Cl])([CH]1C(CC(C)C)=Cc2c(-c3ccccc3C(C)C)cccc21)[SiH](C)C. The van der Waals surface area contributed by atoms with Gasteiger partial charge < -0.3 is 0 Å². The van der Waals surface area contributed by atoms with Crippen LogP contribution in [-0.2, 0) is 15.3 Å². The van der Waals surface area contributed by atoms with Gasteiger partial charge in [-0.05, 0) is 0 Å². The van der Waals surface area contributed by atoms with Crippen LogP contribution in [0.1, 0.15) is 121 Å². The number of rotatable bonds is 11. The zero-order chi connectivity index (χ0) is 36.1. The second-order valence-corrected chi connectivity index (χ2v) is 76.3. The van der Waals surface area contributed by atoms with Crippen molar-refractivity contribution in [3.8, 4) is 22.3 Å². The molecule has 0 aromatic heterocycles. The molecule has 263 valence electrons. The zero-order valence-electron chi connectivity index (χ0n) is 31.9. The van der Waals surface area contributed by atoms with Crippen molar-refractivity contribution in [1.29, 1.82) is 0 Å². The molecule has 2 aliphatic rings. The van der Waals surface area contributed by atoms with Crippen LogP contribution < -0.4 is 0 Å². The van der Waals surface area contributed by atoms with Gasteiger partial charge in [-0.3, -0.25) is 0 Å². The van der Waals surface area contributed by atoms with E-state index in [-0.39, 0.29) is 7.35 Å². The second-order valence-electron chi connectivity index (χ2n) is 17.0. The van der Waals surface area contributed by atoms with Crippen molar-refractivity contribution < 1.29 is 15.3 Å². The summed E-state index contributed by atoms with van der Waals surface area (Å²) in [6.45, 7) is 23.6. The first kappa shape index (κ1) is 37.8. The Morgan fingerprint density at radius 2 is 0.880 bits per heavy atom. The molecule has 0 aliphatic heterocycles. The summed E-state index contributed by atoms with van der Waals surface area (Å²) < 4.78 is 0.201. The molecule has 50 heavy (non-hydrogen) atoms. The maximum atomic E-state index is 8.88. The first-order valence-corrected chi connectivity index (χ1v) is 41.2. The molecular formula is C46H57Cl2HfSi. The van der Waals surface area contributed by atoms with E-state index in [9.17, 15) is 0 Å². The van der Waals surface area contributed by atoms with E-state index in [0.29, 0.717) is 23.7 Å². The molecule has 2 atom stereocenters. The van der Waals surface area contributed by atoms with Crippen LogP contribution in [0.15, 0.2) is 96.1 Å². The van der Waals surface area contributed by atoms with Gasteiger partial charge in [-0.15, -0.1) is 0 Å². The Morgan fingerprint density at radius 1 is 0.520 bits per heavy atom. The van der Waals surface area contributed by atoms with E-state index in [1.54, 1.807) is 0 Å². The molecule has 0 saturated heterocycles. The van der Waals surface area contributed by atoms with Gasteiger partial charge >= 0.3 is 315 Å². The number of benzene rings is 4. The molecular weight excluding hydrogens is 830 g/mol. The van der Waals surface area contributed by atoms with E-state index in [1.807, 2.05) is 0 Å². The van der Waals surface area contributed by atoms with E-state index in [0.717, 1.165) is 12.8 Å². The van der Waals surface area contributed by atoms with Gasteiger partial charge in [-0.1, -0.05) is 0 Å². The molecule has 0 spiro atoms.